The predicted octanol–water partition coefficient (Wildman–Crippen LogP) is 1.87. The van der Waals surface area contributed by atoms with Crippen LogP contribution in [0.5, 0.6) is 0 Å². The molecule has 5 nitrogen and oxygen atoms in total. The SMILES string of the molecule is c1cc(NC2CCC3CC32)cc(-n2cnnn2)c1. The Kier molecular flexibility index (Phi) is 2.12. The third kappa shape index (κ3) is 1.66. The van der Waals surface area contributed by atoms with Crippen molar-refractivity contribution in [3.63, 3.8) is 0 Å². The third-order valence-electron chi connectivity index (χ3n) is 4.15. The first-order valence-corrected chi connectivity index (χ1v) is 6.50. The fraction of sp³-hybridized carbons (Fsp3) is 0.462. The third-order valence-corrected chi connectivity index (χ3v) is 4.15. The minimum absolute atomic E-state index is 0.666. The molecule has 1 N–H and O–H groups in total. The highest BCUT2D eigenvalue weighted by atomic mass is 15.5. The molecule has 0 bridgehead atoms. The second kappa shape index (κ2) is 3.80. The molecule has 0 spiro atoms. The zero-order valence-electron chi connectivity index (χ0n) is 10.0. The summed E-state index contributed by atoms with van der Waals surface area (Å²) in [5.41, 5.74) is 2.16. The summed E-state index contributed by atoms with van der Waals surface area (Å²) in [5, 5.41) is 14.9. The van der Waals surface area contributed by atoms with Gasteiger partial charge in [-0.05, 0) is 59.7 Å². The Hall–Kier alpha value is -1.91. The number of benzene rings is 1. The molecule has 0 saturated heterocycles. The maximum absolute atomic E-state index is 3.91. The van der Waals surface area contributed by atoms with Crippen molar-refractivity contribution in [2.75, 3.05) is 5.32 Å². The summed E-state index contributed by atoms with van der Waals surface area (Å²) in [6, 6.07) is 8.93. The summed E-state index contributed by atoms with van der Waals surface area (Å²) < 4.78 is 1.68. The summed E-state index contributed by atoms with van der Waals surface area (Å²) in [6.07, 6.45) is 5.75. The molecule has 0 amide bonds. The number of tetrazole rings is 1. The van der Waals surface area contributed by atoms with Gasteiger partial charge in [-0.25, -0.2) is 4.68 Å². The molecule has 18 heavy (non-hydrogen) atoms. The molecule has 5 heteroatoms. The van der Waals surface area contributed by atoms with E-state index in [2.05, 4.69) is 33.0 Å². The first kappa shape index (κ1) is 10.1. The number of aromatic nitrogens is 4. The summed E-state index contributed by atoms with van der Waals surface area (Å²) in [4.78, 5) is 0. The van der Waals surface area contributed by atoms with E-state index in [1.54, 1.807) is 11.0 Å². The summed E-state index contributed by atoms with van der Waals surface area (Å²) in [6.45, 7) is 0. The van der Waals surface area contributed by atoms with E-state index in [1.165, 1.54) is 24.9 Å². The van der Waals surface area contributed by atoms with Crippen LogP contribution >= 0.6 is 0 Å². The number of nitrogens with one attached hydrogen (secondary N) is 1. The Balaban J connectivity index is 1.56. The van der Waals surface area contributed by atoms with Gasteiger partial charge in [-0.2, -0.15) is 0 Å². The smallest absolute Gasteiger partial charge is 0.143 e. The summed E-state index contributed by atoms with van der Waals surface area (Å²) in [7, 11) is 0. The lowest BCUT2D eigenvalue weighted by Gasteiger charge is -2.16. The van der Waals surface area contributed by atoms with E-state index >= 15 is 0 Å². The van der Waals surface area contributed by atoms with Crippen LogP contribution in [0, 0.1) is 11.8 Å². The number of nitrogens with zero attached hydrogens (tertiary/aromatic N) is 4. The van der Waals surface area contributed by atoms with Crippen molar-refractivity contribution in [2.24, 2.45) is 11.8 Å². The van der Waals surface area contributed by atoms with Gasteiger partial charge in [-0.1, -0.05) is 6.07 Å². The van der Waals surface area contributed by atoms with Crippen molar-refractivity contribution in [3.05, 3.63) is 30.6 Å². The number of rotatable bonds is 3. The molecule has 92 valence electrons. The van der Waals surface area contributed by atoms with Crippen molar-refractivity contribution in [2.45, 2.75) is 25.3 Å². The summed E-state index contributed by atoms with van der Waals surface area (Å²) in [5.74, 6) is 1.92. The zero-order valence-corrected chi connectivity index (χ0v) is 10.0. The minimum Gasteiger partial charge on any atom is -0.382 e. The molecule has 1 heterocycles. The van der Waals surface area contributed by atoms with E-state index in [4.69, 9.17) is 0 Å². The van der Waals surface area contributed by atoms with Crippen molar-refractivity contribution < 1.29 is 0 Å². The predicted molar refractivity (Wildman–Crippen MR) is 67.4 cm³/mol. The van der Waals surface area contributed by atoms with Crippen LogP contribution in [-0.2, 0) is 0 Å². The van der Waals surface area contributed by atoms with Gasteiger partial charge < -0.3 is 5.32 Å². The van der Waals surface area contributed by atoms with Crippen LogP contribution in [0.1, 0.15) is 19.3 Å². The quantitative estimate of drug-likeness (QED) is 0.891. The van der Waals surface area contributed by atoms with Gasteiger partial charge in [-0.3, -0.25) is 0 Å². The minimum atomic E-state index is 0.666. The Bertz CT molecular complexity index is 550. The fourth-order valence-corrected chi connectivity index (χ4v) is 3.11. The largest absolute Gasteiger partial charge is 0.382 e. The van der Waals surface area contributed by atoms with Gasteiger partial charge in [0.2, 0.25) is 0 Å². The van der Waals surface area contributed by atoms with Crippen molar-refractivity contribution in [1.29, 1.82) is 0 Å². The van der Waals surface area contributed by atoms with Gasteiger partial charge in [0.15, 0.2) is 0 Å². The van der Waals surface area contributed by atoms with Gasteiger partial charge in [0.1, 0.15) is 6.33 Å². The van der Waals surface area contributed by atoms with E-state index in [0.717, 1.165) is 17.5 Å². The fourth-order valence-electron chi connectivity index (χ4n) is 3.11. The average Bonchev–Trinajstić information content (AvgIpc) is 2.83. The first-order valence-electron chi connectivity index (χ1n) is 6.50. The molecule has 2 aliphatic carbocycles. The number of fused-ring (bicyclic) bond motifs is 1. The van der Waals surface area contributed by atoms with Gasteiger partial charge in [-0.15, -0.1) is 5.10 Å². The van der Waals surface area contributed by atoms with Crippen LogP contribution in [0.15, 0.2) is 30.6 Å². The van der Waals surface area contributed by atoms with Crippen molar-refractivity contribution in [1.82, 2.24) is 20.2 Å². The van der Waals surface area contributed by atoms with Crippen molar-refractivity contribution in [3.8, 4) is 5.69 Å². The number of anilines is 1. The molecule has 4 rings (SSSR count). The van der Waals surface area contributed by atoms with Gasteiger partial charge in [0, 0.05) is 11.7 Å². The molecule has 0 radical (unpaired) electrons. The second-order valence-corrected chi connectivity index (χ2v) is 5.29. The molecule has 2 fully saturated rings. The Labute approximate surface area is 105 Å². The van der Waals surface area contributed by atoms with Crippen LogP contribution in [0.25, 0.3) is 5.69 Å². The first-order chi connectivity index (χ1) is 8.90. The second-order valence-electron chi connectivity index (χ2n) is 5.29. The Morgan fingerprint density at radius 2 is 2.28 bits per heavy atom. The highest BCUT2D eigenvalue weighted by Crippen LogP contribution is 2.52. The molecular weight excluding hydrogens is 226 g/mol. The van der Waals surface area contributed by atoms with E-state index in [9.17, 15) is 0 Å². The lowest BCUT2D eigenvalue weighted by molar-refractivity contribution is 0.654. The lowest BCUT2D eigenvalue weighted by atomic mass is 10.1. The maximum atomic E-state index is 3.91. The van der Waals surface area contributed by atoms with E-state index in [-0.39, 0.29) is 0 Å². The molecule has 0 aliphatic heterocycles. The van der Waals surface area contributed by atoms with E-state index in [0.29, 0.717) is 6.04 Å². The molecule has 3 atom stereocenters. The lowest BCUT2D eigenvalue weighted by Crippen LogP contribution is -2.18. The molecule has 1 aromatic heterocycles. The highest BCUT2D eigenvalue weighted by molar-refractivity contribution is 5.51. The standard InChI is InChI=1S/C13H15N5/c1-2-10(15-13-5-4-9-6-12(9)13)7-11(3-1)18-8-14-16-17-18/h1-3,7-9,12-13,15H,4-6H2. The maximum Gasteiger partial charge on any atom is 0.143 e. The monoisotopic (exact) mass is 241 g/mol. The van der Waals surface area contributed by atoms with Gasteiger partial charge >= 0.3 is 0 Å². The molecule has 2 aromatic rings. The normalized spacial score (nSPS) is 29.0. The molecular formula is C13H15N5. The number of hydrogen-bond donors (Lipinski definition) is 1. The zero-order chi connectivity index (χ0) is 11.9. The Morgan fingerprint density at radius 3 is 3.00 bits per heavy atom. The highest BCUT2D eigenvalue weighted by Gasteiger charge is 2.47. The molecule has 2 saturated carbocycles. The van der Waals surface area contributed by atoms with Crippen LogP contribution in [-0.4, -0.2) is 26.2 Å². The van der Waals surface area contributed by atoms with E-state index < -0.39 is 0 Å². The topological polar surface area (TPSA) is 55.6 Å². The Morgan fingerprint density at radius 1 is 1.28 bits per heavy atom. The van der Waals surface area contributed by atoms with Gasteiger partial charge in [0.25, 0.3) is 0 Å². The summed E-state index contributed by atoms with van der Waals surface area (Å²) >= 11 is 0. The van der Waals surface area contributed by atoms with Crippen molar-refractivity contribution >= 4 is 5.69 Å². The van der Waals surface area contributed by atoms with Crippen LogP contribution < -0.4 is 5.32 Å². The van der Waals surface area contributed by atoms with E-state index in [1.807, 2.05) is 12.1 Å². The molecule has 1 aromatic carbocycles. The van der Waals surface area contributed by atoms with Crippen LogP contribution in [0.4, 0.5) is 5.69 Å². The molecule has 3 unspecified atom stereocenters. The van der Waals surface area contributed by atoms with Crippen LogP contribution in [0.3, 0.4) is 0 Å². The average molecular weight is 241 g/mol. The van der Waals surface area contributed by atoms with Gasteiger partial charge in [0.05, 0.1) is 5.69 Å². The number of hydrogen-bond acceptors (Lipinski definition) is 4. The van der Waals surface area contributed by atoms with Crippen LogP contribution in [0.2, 0.25) is 0 Å². The molecule has 2 aliphatic rings.